The largest absolute Gasteiger partial charge is 0.356 e. The number of carbonyl (C=O) groups excluding carboxylic acids is 1. The van der Waals surface area contributed by atoms with Crippen molar-refractivity contribution < 1.29 is 9.18 Å². The first-order valence-electron chi connectivity index (χ1n) is 15.4. The Morgan fingerprint density at radius 1 is 1.14 bits per heavy atom. The molecule has 1 aliphatic carbocycles. The molecular formula is C37H50FN3O. The van der Waals surface area contributed by atoms with Crippen molar-refractivity contribution in [3.05, 3.63) is 94.8 Å². The number of aliphatic imine (C=N–C) groups is 1. The first kappa shape index (κ1) is 33.0. The fraction of sp³-hybridized carbons (Fsp3) is 0.459. The van der Waals surface area contributed by atoms with E-state index < -0.39 is 11.2 Å². The van der Waals surface area contributed by atoms with Crippen molar-refractivity contribution in [1.29, 1.82) is 0 Å². The summed E-state index contributed by atoms with van der Waals surface area (Å²) in [6.45, 7) is 24.1. The highest BCUT2D eigenvalue weighted by atomic mass is 19.1. The number of allylic oxidation sites excluding steroid dienone is 8. The number of hydrogen-bond acceptors (Lipinski definition) is 3. The number of unbranched alkanes of at least 4 members (excludes halogenated alkanes) is 1. The summed E-state index contributed by atoms with van der Waals surface area (Å²) < 4.78 is 14.6. The minimum Gasteiger partial charge on any atom is -0.356 e. The zero-order valence-corrected chi connectivity index (χ0v) is 27.0. The average Bonchev–Trinajstić information content (AvgIpc) is 3.12. The van der Waals surface area contributed by atoms with Crippen LogP contribution in [0.1, 0.15) is 105 Å². The van der Waals surface area contributed by atoms with Crippen molar-refractivity contribution in [3.8, 4) is 0 Å². The lowest BCUT2D eigenvalue weighted by molar-refractivity contribution is -0.123. The van der Waals surface area contributed by atoms with Gasteiger partial charge in [-0.1, -0.05) is 64.0 Å². The van der Waals surface area contributed by atoms with Gasteiger partial charge in [-0.3, -0.25) is 9.79 Å². The third-order valence-electron chi connectivity index (χ3n) is 8.43. The first-order chi connectivity index (χ1) is 19.8. The molecule has 1 saturated carbocycles. The van der Waals surface area contributed by atoms with Gasteiger partial charge in [0.1, 0.15) is 5.83 Å². The fourth-order valence-electron chi connectivity index (χ4n) is 5.74. The van der Waals surface area contributed by atoms with Crippen LogP contribution in [0.4, 0.5) is 10.1 Å². The van der Waals surface area contributed by atoms with Crippen molar-refractivity contribution in [1.82, 2.24) is 5.32 Å². The van der Waals surface area contributed by atoms with Gasteiger partial charge >= 0.3 is 0 Å². The predicted octanol–water partition coefficient (Wildman–Crippen LogP) is 9.87. The Labute approximate surface area is 253 Å². The molecule has 1 fully saturated rings. The number of nitrogens with zero attached hydrogens (tertiary/aromatic N) is 2. The van der Waals surface area contributed by atoms with Gasteiger partial charge in [0.25, 0.3) is 0 Å². The zero-order chi connectivity index (χ0) is 31.2. The number of hydrogen-bond donors (Lipinski definition) is 1. The SMILES string of the molecule is C=C/C(F)=C(\C=C(C)C)N/C(C)=C(C)/C(=C\C(=C)c1ccc2c(c1)N(C1CC(CCC)C1)C(=O)C2(C)C)N=CCCC. The van der Waals surface area contributed by atoms with Crippen LogP contribution < -0.4 is 10.2 Å². The molecule has 4 nitrogen and oxygen atoms in total. The molecule has 42 heavy (non-hydrogen) atoms. The second kappa shape index (κ2) is 14.1. The minimum atomic E-state index is -0.546. The van der Waals surface area contributed by atoms with Gasteiger partial charge < -0.3 is 10.2 Å². The van der Waals surface area contributed by atoms with Gasteiger partial charge in [0.2, 0.25) is 5.91 Å². The zero-order valence-electron chi connectivity index (χ0n) is 27.0. The highest BCUT2D eigenvalue weighted by Gasteiger charge is 2.49. The molecule has 3 rings (SSSR count). The van der Waals surface area contributed by atoms with Crippen LogP contribution in [-0.4, -0.2) is 18.2 Å². The molecule has 1 aliphatic heterocycles. The standard InChI is InChI=1S/C37H50FN3O/c1-11-14-18-39-33(26(7)27(8)40-34(19-24(4)5)32(38)13-3)20-25(6)29-16-17-31-35(23-29)41(36(42)37(31,9)10)30-21-28(22-30)15-12-2/h13,16-20,23,28,30,40H,3,6,11-12,14-15,21-22H2,1-2,4-5,7-10H3/b27-26+,33-20+,34-32-,39-18?. The van der Waals surface area contributed by atoms with Gasteiger partial charge in [-0.15, -0.1) is 0 Å². The predicted molar refractivity (Wildman–Crippen MR) is 178 cm³/mol. The first-order valence-corrected chi connectivity index (χ1v) is 15.4. The van der Waals surface area contributed by atoms with Crippen molar-refractivity contribution >= 4 is 23.4 Å². The van der Waals surface area contributed by atoms with E-state index in [0.717, 1.165) is 70.6 Å². The maximum absolute atomic E-state index is 14.6. The van der Waals surface area contributed by atoms with Gasteiger partial charge in [0, 0.05) is 23.6 Å². The summed E-state index contributed by atoms with van der Waals surface area (Å²) >= 11 is 0. The molecule has 1 amide bonds. The van der Waals surface area contributed by atoms with Gasteiger partial charge in [-0.2, -0.15) is 0 Å². The Morgan fingerprint density at radius 3 is 2.43 bits per heavy atom. The van der Waals surface area contributed by atoms with Crippen LogP contribution in [0.2, 0.25) is 0 Å². The minimum absolute atomic E-state index is 0.188. The van der Waals surface area contributed by atoms with E-state index in [1.807, 2.05) is 53.8 Å². The molecule has 0 unspecified atom stereocenters. The lowest BCUT2D eigenvalue weighted by atomic mass is 9.76. The van der Waals surface area contributed by atoms with Crippen molar-refractivity contribution in [3.63, 3.8) is 0 Å². The highest BCUT2D eigenvalue weighted by molar-refractivity contribution is 6.08. The molecule has 0 aromatic heterocycles. The number of carbonyl (C=O) groups is 1. The lowest BCUT2D eigenvalue weighted by Gasteiger charge is -2.42. The molecule has 0 radical (unpaired) electrons. The Bertz CT molecular complexity index is 1360. The van der Waals surface area contributed by atoms with E-state index in [-0.39, 0.29) is 11.9 Å². The lowest BCUT2D eigenvalue weighted by Crippen LogP contribution is -2.49. The summed E-state index contributed by atoms with van der Waals surface area (Å²) in [7, 11) is 0. The second-order valence-electron chi connectivity index (χ2n) is 12.5. The molecule has 1 aromatic carbocycles. The van der Waals surface area contributed by atoms with E-state index in [0.29, 0.717) is 11.6 Å². The summed E-state index contributed by atoms with van der Waals surface area (Å²) in [5.41, 5.74) is 7.06. The second-order valence-corrected chi connectivity index (χ2v) is 12.5. The molecule has 0 atom stereocenters. The monoisotopic (exact) mass is 571 g/mol. The number of nitrogens with one attached hydrogen (secondary N) is 1. The number of benzene rings is 1. The highest BCUT2D eigenvalue weighted by Crippen LogP contribution is 2.48. The molecule has 2 aliphatic rings. The number of anilines is 1. The number of fused-ring (bicyclic) bond motifs is 1. The van der Waals surface area contributed by atoms with Gasteiger partial charge in [-0.05, 0) is 113 Å². The maximum Gasteiger partial charge on any atom is 0.237 e. The number of amides is 1. The quantitative estimate of drug-likeness (QED) is 0.189. The molecule has 5 heteroatoms. The van der Waals surface area contributed by atoms with Crippen LogP contribution in [0.15, 0.2) is 88.6 Å². The van der Waals surface area contributed by atoms with Crippen LogP contribution in [0.25, 0.3) is 5.57 Å². The van der Waals surface area contributed by atoms with Crippen LogP contribution in [0, 0.1) is 5.92 Å². The van der Waals surface area contributed by atoms with Crippen molar-refractivity contribution in [2.45, 2.75) is 105 Å². The van der Waals surface area contributed by atoms with Gasteiger partial charge in [-0.25, -0.2) is 4.39 Å². The average molecular weight is 572 g/mol. The summed E-state index contributed by atoms with van der Waals surface area (Å²) in [6, 6.07) is 6.54. The summed E-state index contributed by atoms with van der Waals surface area (Å²) in [5.74, 6) is 0.483. The van der Waals surface area contributed by atoms with E-state index in [2.05, 4.69) is 55.4 Å². The van der Waals surface area contributed by atoms with Crippen LogP contribution in [0.3, 0.4) is 0 Å². The topological polar surface area (TPSA) is 44.7 Å². The van der Waals surface area contributed by atoms with Gasteiger partial charge in [0.05, 0.1) is 16.8 Å². The molecule has 226 valence electrons. The number of rotatable bonds is 13. The van der Waals surface area contributed by atoms with E-state index in [4.69, 9.17) is 4.99 Å². The fourth-order valence-corrected chi connectivity index (χ4v) is 5.74. The molecule has 0 bridgehead atoms. The van der Waals surface area contributed by atoms with E-state index in [1.54, 1.807) is 6.08 Å². The van der Waals surface area contributed by atoms with Crippen LogP contribution >= 0.6 is 0 Å². The Balaban J connectivity index is 2.00. The Kier molecular flexibility index (Phi) is 11.1. The third-order valence-corrected chi connectivity index (χ3v) is 8.43. The van der Waals surface area contributed by atoms with E-state index in [1.165, 1.54) is 18.9 Å². The molecule has 0 spiro atoms. The molecular weight excluding hydrogens is 521 g/mol. The summed E-state index contributed by atoms with van der Waals surface area (Å²) in [6.07, 6.45) is 13.3. The van der Waals surface area contributed by atoms with Crippen LogP contribution in [-0.2, 0) is 10.2 Å². The van der Waals surface area contributed by atoms with E-state index >= 15 is 0 Å². The summed E-state index contributed by atoms with van der Waals surface area (Å²) in [5, 5.41) is 3.22. The van der Waals surface area contributed by atoms with E-state index in [9.17, 15) is 9.18 Å². The number of halogens is 1. The third kappa shape index (κ3) is 7.29. The van der Waals surface area contributed by atoms with Gasteiger partial charge in [0.15, 0.2) is 0 Å². The Morgan fingerprint density at radius 2 is 1.83 bits per heavy atom. The smallest absolute Gasteiger partial charge is 0.237 e. The molecule has 1 aromatic rings. The van der Waals surface area contributed by atoms with Crippen molar-refractivity contribution in [2.24, 2.45) is 10.9 Å². The molecule has 0 saturated heterocycles. The van der Waals surface area contributed by atoms with Crippen molar-refractivity contribution in [2.75, 3.05) is 4.90 Å². The molecule has 1 heterocycles. The molecule has 1 N–H and O–H groups in total. The van der Waals surface area contributed by atoms with Crippen LogP contribution in [0.5, 0.6) is 0 Å². The normalized spacial score (nSPS) is 20.9. The summed E-state index contributed by atoms with van der Waals surface area (Å²) in [4.78, 5) is 20.5. The Hall–Kier alpha value is -3.47. The maximum atomic E-state index is 14.6.